The van der Waals surface area contributed by atoms with Crippen molar-refractivity contribution in [2.45, 2.75) is 61.7 Å². The van der Waals surface area contributed by atoms with Gasteiger partial charge in [-0.3, -0.25) is 0 Å². The number of hydrogen-bond donors (Lipinski definition) is 1. The van der Waals surface area contributed by atoms with E-state index < -0.39 is 71.2 Å². The molecule has 2 aromatic rings. The number of hydrogen-bond acceptors (Lipinski definition) is 4. The molecule has 0 aliphatic rings. The largest absolute Gasteiger partial charge is 0.419 e. The normalized spacial score (nSPS) is 14.8. The number of nitrogens with zero attached hydrogens (tertiary/aromatic N) is 3. The van der Waals surface area contributed by atoms with Crippen molar-refractivity contribution in [3.8, 4) is 0 Å². The maximum atomic E-state index is 13.6. The van der Waals surface area contributed by atoms with Crippen LogP contribution in [-0.4, -0.2) is 52.0 Å². The van der Waals surface area contributed by atoms with Gasteiger partial charge in [0.15, 0.2) is 11.6 Å². The predicted octanol–water partition coefficient (Wildman–Crippen LogP) is 8.08. The van der Waals surface area contributed by atoms with Gasteiger partial charge in [-0.1, -0.05) is 18.2 Å². The van der Waals surface area contributed by atoms with Crippen LogP contribution in [0.5, 0.6) is 0 Å². The molecule has 0 radical (unpaired) electrons. The Kier molecular flexibility index (Phi) is 8.01. The van der Waals surface area contributed by atoms with E-state index in [-0.39, 0.29) is 11.1 Å². The van der Waals surface area contributed by atoms with Crippen molar-refractivity contribution in [3.05, 3.63) is 41.0 Å². The summed E-state index contributed by atoms with van der Waals surface area (Å²) in [5.74, 6) is -10.4. The van der Waals surface area contributed by atoms with Crippen LogP contribution in [0.2, 0.25) is 0 Å². The minimum absolute atomic E-state index is 0.157. The first-order valence-electron chi connectivity index (χ1n) is 9.99. The third kappa shape index (κ3) is 5.17. The Morgan fingerprint density at radius 2 is 0.732 bits per heavy atom. The number of benzene rings is 1. The number of aryl methyl sites for hydroxylation is 2. The van der Waals surface area contributed by atoms with Gasteiger partial charge in [0.25, 0.3) is 0 Å². The Bertz CT molecular complexity index is 1100. The second kappa shape index (κ2) is 9.66. The van der Waals surface area contributed by atoms with Crippen molar-refractivity contribution in [1.82, 2.24) is 15.0 Å². The molecule has 22 heteroatoms. The van der Waals surface area contributed by atoms with Crippen LogP contribution in [0, 0.1) is 13.8 Å². The van der Waals surface area contributed by atoms with E-state index in [0.29, 0.717) is 0 Å². The van der Waals surface area contributed by atoms with Gasteiger partial charge in [0.1, 0.15) is 0 Å². The second-order valence-electron chi connectivity index (χ2n) is 8.18. The Hall–Kier alpha value is -3.23. The van der Waals surface area contributed by atoms with Crippen molar-refractivity contribution >= 4 is 11.6 Å². The van der Waals surface area contributed by atoms with Crippen LogP contribution >= 0.6 is 0 Å². The van der Waals surface area contributed by atoms with Crippen molar-refractivity contribution < 1.29 is 79.0 Å². The highest BCUT2D eigenvalue weighted by Gasteiger charge is 2.89. The third-order valence-corrected chi connectivity index (χ3v) is 5.58. The summed E-state index contributed by atoms with van der Waals surface area (Å²) in [6.07, 6.45) is -46.4. The number of aromatic nitrogens is 3. The molecule has 1 heterocycles. The van der Waals surface area contributed by atoms with Crippen molar-refractivity contribution in [2.75, 3.05) is 5.32 Å². The van der Waals surface area contributed by atoms with Gasteiger partial charge < -0.3 is 5.32 Å². The monoisotopic (exact) mass is 636 g/mol. The van der Waals surface area contributed by atoms with Crippen LogP contribution in [0.25, 0.3) is 0 Å². The number of rotatable bonds is 4. The number of alkyl halides is 18. The number of anilines is 2. The molecule has 1 aromatic carbocycles. The average molecular weight is 636 g/mol. The molecule has 0 aliphatic carbocycles. The zero-order chi connectivity index (χ0) is 32.4. The molecule has 4 nitrogen and oxygen atoms in total. The molecule has 232 valence electrons. The number of para-hydroxylation sites is 1. The molecule has 0 saturated carbocycles. The van der Waals surface area contributed by atoms with Crippen LogP contribution in [-0.2, 0) is 10.8 Å². The first kappa shape index (κ1) is 34.0. The molecule has 2 rings (SSSR count). The van der Waals surface area contributed by atoms with E-state index >= 15 is 0 Å². The molecule has 0 fully saturated rings. The molecule has 0 spiro atoms. The van der Waals surface area contributed by atoms with Gasteiger partial charge in [-0.15, -0.1) is 0 Å². The molecule has 0 atom stereocenters. The topological polar surface area (TPSA) is 50.7 Å². The van der Waals surface area contributed by atoms with Crippen LogP contribution in [0.15, 0.2) is 18.2 Å². The van der Waals surface area contributed by atoms with Crippen LogP contribution in [0.4, 0.5) is 90.7 Å². The molecular weight excluding hydrogens is 626 g/mol. The van der Waals surface area contributed by atoms with Gasteiger partial charge in [-0.25, -0.2) is 4.98 Å². The lowest BCUT2D eigenvalue weighted by Gasteiger charge is -2.39. The van der Waals surface area contributed by atoms with Gasteiger partial charge in [0.2, 0.25) is 5.95 Å². The van der Waals surface area contributed by atoms with Crippen LogP contribution in [0.1, 0.15) is 22.8 Å². The molecule has 0 aliphatic heterocycles. The SMILES string of the molecule is Cc1cccc(C)c1Nc1nc(C(C(F)(F)F)(C(F)(F)F)C(F)(F)F)nc(C(C(F)(F)F)(C(F)(F)F)C(F)(F)F)n1. The van der Waals surface area contributed by atoms with Crippen LogP contribution < -0.4 is 5.32 Å². The maximum absolute atomic E-state index is 13.6. The Labute approximate surface area is 214 Å². The summed E-state index contributed by atoms with van der Waals surface area (Å²) >= 11 is 0. The van der Waals surface area contributed by atoms with Crippen molar-refractivity contribution in [1.29, 1.82) is 0 Å². The number of nitrogens with one attached hydrogen (secondary N) is 1. The molecule has 0 bridgehead atoms. The Morgan fingerprint density at radius 1 is 0.463 bits per heavy atom. The van der Waals surface area contributed by atoms with E-state index in [4.69, 9.17) is 0 Å². The van der Waals surface area contributed by atoms with Crippen molar-refractivity contribution in [2.24, 2.45) is 0 Å². The fourth-order valence-electron chi connectivity index (χ4n) is 3.62. The standard InChI is InChI=1S/C19H10F18N4/c1-6-4-3-5-7(2)8(6)38-11-40-9(12(14(20,21)22,15(23,24)25)16(26,27)28)39-10(41-11)13(17(29,30)31,18(32,33)34)19(35,36)37/h3-5H,1-2H3,(H,38,39,40,41). The molecule has 1 aromatic heterocycles. The summed E-state index contributed by atoms with van der Waals surface area (Å²) in [4.78, 5) is 5.68. The maximum Gasteiger partial charge on any atom is 0.419 e. The molecule has 0 amide bonds. The van der Waals surface area contributed by atoms with Crippen LogP contribution in [0.3, 0.4) is 0 Å². The molecular formula is C19H10F18N4. The van der Waals surface area contributed by atoms with Gasteiger partial charge in [-0.05, 0) is 25.0 Å². The van der Waals surface area contributed by atoms with Crippen molar-refractivity contribution in [3.63, 3.8) is 0 Å². The van der Waals surface area contributed by atoms with Gasteiger partial charge >= 0.3 is 47.9 Å². The Balaban J connectivity index is 3.33. The van der Waals surface area contributed by atoms with E-state index in [0.717, 1.165) is 26.0 Å². The van der Waals surface area contributed by atoms with Gasteiger partial charge in [-0.2, -0.15) is 89.0 Å². The van der Waals surface area contributed by atoms with Gasteiger partial charge in [0, 0.05) is 5.69 Å². The zero-order valence-corrected chi connectivity index (χ0v) is 19.4. The Morgan fingerprint density at radius 3 is 0.976 bits per heavy atom. The summed E-state index contributed by atoms with van der Waals surface area (Å²) in [5, 5.41) is 1.51. The van der Waals surface area contributed by atoms with E-state index in [9.17, 15) is 79.0 Å². The predicted molar refractivity (Wildman–Crippen MR) is 98.7 cm³/mol. The summed E-state index contributed by atoms with van der Waals surface area (Å²) in [6, 6.07) is 3.34. The lowest BCUT2D eigenvalue weighted by atomic mass is 9.82. The average Bonchev–Trinajstić information content (AvgIpc) is 2.64. The first-order valence-corrected chi connectivity index (χ1v) is 9.99. The molecule has 0 unspecified atom stereocenters. The summed E-state index contributed by atoms with van der Waals surface area (Å²) in [7, 11) is 0. The minimum atomic E-state index is -7.74. The molecule has 41 heavy (non-hydrogen) atoms. The second-order valence-corrected chi connectivity index (χ2v) is 8.18. The smallest absolute Gasteiger partial charge is 0.324 e. The molecule has 1 N–H and O–H groups in total. The third-order valence-electron chi connectivity index (χ3n) is 5.58. The summed E-state index contributed by atoms with van der Waals surface area (Å²) in [5.41, 5.74) is -15.9. The fraction of sp³-hybridized carbons (Fsp3) is 0.526. The lowest BCUT2D eigenvalue weighted by molar-refractivity contribution is -0.391. The summed E-state index contributed by atoms with van der Waals surface area (Å²) in [6.45, 7) is 2.13. The number of halogens is 18. The highest BCUT2D eigenvalue weighted by molar-refractivity contribution is 5.62. The van der Waals surface area contributed by atoms with E-state index in [1.807, 2.05) is 0 Å². The lowest BCUT2D eigenvalue weighted by Crippen LogP contribution is -2.66. The fourth-order valence-corrected chi connectivity index (χ4v) is 3.62. The highest BCUT2D eigenvalue weighted by Crippen LogP contribution is 2.62. The quantitative estimate of drug-likeness (QED) is 0.345. The summed E-state index contributed by atoms with van der Waals surface area (Å²) < 4.78 is 246. The highest BCUT2D eigenvalue weighted by atomic mass is 19.4. The molecule has 0 saturated heterocycles. The van der Waals surface area contributed by atoms with Gasteiger partial charge in [0.05, 0.1) is 0 Å². The van der Waals surface area contributed by atoms with E-state index in [1.54, 1.807) is 0 Å². The van der Waals surface area contributed by atoms with E-state index in [1.165, 1.54) is 16.4 Å². The minimum Gasteiger partial charge on any atom is -0.324 e. The van der Waals surface area contributed by atoms with E-state index in [2.05, 4.69) is 9.97 Å². The first-order chi connectivity index (χ1) is 18.0. The zero-order valence-electron chi connectivity index (χ0n) is 19.4.